The molecule has 3 aromatic rings. The molecule has 0 aliphatic heterocycles. The number of hydrogen-bond donors (Lipinski definition) is 2. The zero-order valence-electron chi connectivity index (χ0n) is 12.0. The van der Waals surface area contributed by atoms with E-state index in [0.29, 0.717) is 5.56 Å². The third-order valence-corrected chi connectivity index (χ3v) is 3.25. The van der Waals surface area contributed by atoms with Crippen LogP contribution in [0.2, 0.25) is 0 Å². The summed E-state index contributed by atoms with van der Waals surface area (Å²) < 4.78 is 0. The van der Waals surface area contributed by atoms with E-state index in [-0.39, 0.29) is 0 Å². The molecule has 0 aliphatic carbocycles. The van der Waals surface area contributed by atoms with Crippen LogP contribution >= 0.6 is 0 Å². The van der Waals surface area contributed by atoms with Gasteiger partial charge in [0.05, 0.1) is 23.0 Å². The number of nitrogens with one attached hydrogen (secondary N) is 2. The summed E-state index contributed by atoms with van der Waals surface area (Å²) in [5.74, 6) is 0. The molecule has 0 saturated heterocycles. The van der Waals surface area contributed by atoms with E-state index in [9.17, 15) is 0 Å². The minimum absolute atomic E-state index is 0.622. The monoisotopic (exact) mass is 285 g/mol. The zero-order chi connectivity index (χ0) is 15.2. The molecule has 3 aromatic carbocycles. The largest absolute Gasteiger partial charge is 0.354 e. The number of para-hydroxylation sites is 2. The van der Waals surface area contributed by atoms with Crippen molar-refractivity contribution in [3.63, 3.8) is 0 Å². The van der Waals surface area contributed by atoms with E-state index in [4.69, 9.17) is 5.26 Å². The number of hydrogen-bond acceptors (Lipinski definition) is 3. The van der Waals surface area contributed by atoms with E-state index in [2.05, 4.69) is 16.7 Å². The zero-order valence-corrected chi connectivity index (χ0v) is 12.0. The summed E-state index contributed by atoms with van der Waals surface area (Å²) in [5, 5.41) is 15.8. The second-order valence-electron chi connectivity index (χ2n) is 4.85. The summed E-state index contributed by atoms with van der Waals surface area (Å²) in [6.45, 7) is 0. The molecule has 3 rings (SSSR count). The fourth-order valence-corrected chi connectivity index (χ4v) is 2.18. The third-order valence-electron chi connectivity index (χ3n) is 3.25. The van der Waals surface area contributed by atoms with Gasteiger partial charge in [-0.15, -0.1) is 0 Å². The van der Waals surface area contributed by atoms with Crippen molar-refractivity contribution < 1.29 is 0 Å². The second-order valence-corrected chi connectivity index (χ2v) is 4.85. The summed E-state index contributed by atoms with van der Waals surface area (Å²) in [6, 6.07) is 27.6. The van der Waals surface area contributed by atoms with Crippen molar-refractivity contribution >= 4 is 22.7 Å². The predicted molar refractivity (Wildman–Crippen MR) is 90.6 cm³/mol. The second kappa shape index (κ2) is 6.47. The molecular formula is C19H15N3. The van der Waals surface area contributed by atoms with Gasteiger partial charge in [-0.2, -0.15) is 5.26 Å². The summed E-state index contributed by atoms with van der Waals surface area (Å²) in [7, 11) is 0. The quantitative estimate of drug-likeness (QED) is 0.705. The van der Waals surface area contributed by atoms with E-state index >= 15 is 0 Å². The SMILES string of the molecule is N#Cc1ccc(Nc2ccccc2)c(Nc2ccccc2)c1. The Kier molecular flexibility index (Phi) is 4.03. The van der Waals surface area contributed by atoms with Crippen LogP contribution < -0.4 is 10.6 Å². The Morgan fingerprint density at radius 2 is 1.18 bits per heavy atom. The molecule has 0 saturated carbocycles. The molecule has 0 spiro atoms. The predicted octanol–water partition coefficient (Wildman–Crippen LogP) is 5.05. The van der Waals surface area contributed by atoms with Crippen LogP contribution in [0.5, 0.6) is 0 Å². The van der Waals surface area contributed by atoms with Gasteiger partial charge in [0.25, 0.3) is 0 Å². The van der Waals surface area contributed by atoms with Crippen LogP contribution in [-0.4, -0.2) is 0 Å². The highest BCUT2D eigenvalue weighted by Crippen LogP contribution is 2.29. The van der Waals surface area contributed by atoms with Crippen LogP contribution in [0.15, 0.2) is 78.9 Å². The van der Waals surface area contributed by atoms with Crippen molar-refractivity contribution in [2.45, 2.75) is 0 Å². The molecule has 0 heterocycles. The van der Waals surface area contributed by atoms with Gasteiger partial charge in [0.1, 0.15) is 0 Å². The Morgan fingerprint density at radius 3 is 1.73 bits per heavy atom. The maximum Gasteiger partial charge on any atom is 0.0992 e. The average molecular weight is 285 g/mol. The van der Waals surface area contributed by atoms with Gasteiger partial charge >= 0.3 is 0 Å². The van der Waals surface area contributed by atoms with E-state index in [0.717, 1.165) is 22.7 Å². The lowest BCUT2D eigenvalue weighted by atomic mass is 10.1. The highest BCUT2D eigenvalue weighted by molar-refractivity contribution is 5.79. The number of nitrogens with zero attached hydrogens (tertiary/aromatic N) is 1. The molecule has 2 N–H and O–H groups in total. The first kappa shape index (κ1) is 13.7. The summed E-state index contributed by atoms with van der Waals surface area (Å²) in [5.41, 5.74) is 4.40. The smallest absolute Gasteiger partial charge is 0.0992 e. The Morgan fingerprint density at radius 1 is 0.636 bits per heavy atom. The number of rotatable bonds is 4. The lowest BCUT2D eigenvalue weighted by molar-refractivity contribution is 1.45. The highest BCUT2D eigenvalue weighted by atomic mass is 15.0. The van der Waals surface area contributed by atoms with Gasteiger partial charge in [-0.05, 0) is 42.5 Å². The van der Waals surface area contributed by atoms with Gasteiger partial charge < -0.3 is 10.6 Å². The molecule has 0 radical (unpaired) electrons. The molecule has 3 nitrogen and oxygen atoms in total. The van der Waals surface area contributed by atoms with Crippen LogP contribution in [-0.2, 0) is 0 Å². The van der Waals surface area contributed by atoms with Gasteiger partial charge in [0.15, 0.2) is 0 Å². The number of benzene rings is 3. The first-order valence-electron chi connectivity index (χ1n) is 7.03. The normalized spacial score (nSPS) is 9.77. The van der Waals surface area contributed by atoms with Gasteiger partial charge in [-0.3, -0.25) is 0 Å². The molecule has 0 aliphatic rings. The minimum atomic E-state index is 0.622. The first-order chi connectivity index (χ1) is 10.8. The molecule has 22 heavy (non-hydrogen) atoms. The minimum Gasteiger partial charge on any atom is -0.354 e. The third kappa shape index (κ3) is 3.25. The maximum atomic E-state index is 9.11. The lowest BCUT2D eigenvalue weighted by Gasteiger charge is -2.14. The highest BCUT2D eigenvalue weighted by Gasteiger charge is 2.05. The van der Waals surface area contributed by atoms with Crippen molar-refractivity contribution in [2.24, 2.45) is 0 Å². The maximum absolute atomic E-state index is 9.11. The van der Waals surface area contributed by atoms with Gasteiger partial charge in [0, 0.05) is 11.4 Å². The molecule has 0 atom stereocenters. The van der Waals surface area contributed by atoms with Crippen LogP contribution in [0, 0.1) is 11.3 Å². The topological polar surface area (TPSA) is 47.9 Å². The fourth-order valence-electron chi connectivity index (χ4n) is 2.18. The first-order valence-corrected chi connectivity index (χ1v) is 7.03. The number of anilines is 4. The molecule has 0 unspecified atom stereocenters. The molecule has 106 valence electrons. The van der Waals surface area contributed by atoms with Crippen molar-refractivity contribution in [1.82, 2.24) is 0 Å². The molecule has 0 amide bonds. The van der Waals surface area contributed by atoms with Crippen LogP contribution in [0.3, 0.4) is 0 Å². The van der Waals surface area contributed by atoms with E-state index in [1.807, 2.05) is 72.8 Å². The van der Waals surface area contributed by atoms with Gasteiger partial charge in [-0.25, -0.2) is 0 Å². The van der Waals surface area contributed by atoms with Gasteiger partial charge in [-0.1, -0.05) is 36.4 Å². The van der Waals surface area contributed by atoms with E-state index < -0.39 is 0 Å². The van der Waals surface area contributed by atoms with Crippen molar-refractivity contribution in [1.29, 1.82) is 5.26 Å². The van der Waals surface area contributed by atoms with Crippen LogP contribution in [0.1, 0.15) is 5.56 Å². The Bertz CT molecular complexity index is 790. The summed E-state index contributed by atoms with van der Waals surface area (Å²) >= 11 is 0. The Labute approximate surface area is 129 Å². The average Bonchev–Trinajstić information content (AvgIpc) is 2.58. The molecule has 0 aromatic heterocycles. The molecule has 0 fully saturated rings. The summed E-state index contributed by atoms with van der Waals surface area (Å²) in [4.78, 5) is 0. The standard InChI is InChI=1S/C19H15N3/c20-14-15-11-12-18(21-16-7-3-1-4-8-16)19(13-15)22-17-9-5-2-6-10-17/h1-13,21-22H. The van der Waals surface area contributed by atoms with Gasteiger partial charge in [0.2, 0.25) is 0 Å². The molecule has 3 heteroatoms. The Hall–Kier alpha value is -3.25. The summed E-state index contributed by atoms with van der Waals surface area (Å²) in [6.07, 6.45) is 0. The van der Waals surface area contributed by atoms with Crippen molar-refractivity contribution in [2.75, 3.05) is 10.6 Å². The molecular weight excluding hydrogens is 270 g/mol. The molecule has 0 bridgehead atoms. The fraction of sp³-hybridized carbons (Fsp3) is 0. The van der Waals surface area contributed by atoms with E-state index in [1.165, 1.54) is 0 Å². The Balaban J connectivity index is 1.94. The van der Waals surface area contributed by atoms with Crippen molar-refractivity contribution in [3.8, 4) is 6.07 Å². The van der Waals surface area contributed by atoms with Crippen molar-refractivity contribution in [3.05, 3.63) is 84.4 Å². The lowest BCUT2D eigenvalue weighted by Crippen LogP contribution is -1.98. The van der Waals surface area contributed by atoms with Crippen LogP contribution in [0.25, 0.3) is 0 Å². The number of nitriles is 1. The van der Waals surface area contributed by atoms with E-state index in [1.54, 1.807) is 6.07 Å². The van der Waals surface area contributed by atoms with Crippen LogP contribution in [0.4, 0.5) is 22.7 Å².